The number of rotatable bonds is 25. The fourth-order valence-corrected chi connectivity index (χ4v) is 15.2. The number of benzene rings is 7. The van der Waals surface area contributed by atoms with Crippen LogP contribution in [0.4, 0.5) is 0 Å². The SMILES string of the molecule is CON=CCC[C@H]1C2CCC(C[C@@H]1c1ccc(Cl)c(Cl)c1)N2CCCN(CCSC(c1ccccc1)(c1ccccc1)c1ccccc1)CC(=O)NCCSC(c1ccccc1)(c1ccccc1)c1ccccc1. The van der Waals surface area contributed by atoms with E-state index in [1.165, 1.54) is 51.8 Å². The van der Waals surface area contributed by atoms with Gasteiger partial charge < -0.3 is 10.2 Å². The Balaban J connectivity index is 0.935. The van der Waals surface area contributed by atoms with E-state index < -0.39 is 9.49 Å². The molecule has 74 heavy (non-hydrogen) atoms. The lowest BCUT2D eigenvalue weighted by Gasteiger charge is -2.45. The van der Waals surface area contributed by atoms with Gasteiger partial charge in [0.05, 0.1) is 26.1 Å². The summed E-state index contributed by atoms with van der Waals surface area (Å²) in [6.45, 7) is 3.43. The fourth-order valence-electron chi connectivity index (χ4n) is 11.9. The number of halogens is 2. The first-order valence-electron chi connectivity index (χ1n) is 26.3. The van der Waals surface area contributed by atoms with E-state index in [4.69, 9.17) is 28.0 Å². The van der Waals surface area contributed by atoms with Crippen LogP contribution in [0.5, 0.6) is 0 Å². The van der Waals surface area contributed by atoms with Crippen molar-refractivity contribution in [3.8, 4) is 0 Å². The van der Waals surface area contributed by atoms with E-state index in [0.717, 1.165) is 56.8 Å². The molecule has 7 aromatic rings. The fraction of sp³-hybridized carbons (Fsp3) is 0.312. The molecule has 2 aliphatic rings. The Morgan fingerprint density at radius 3 is 1.62 bits per heavy atom. The second-order valence-corrected chi connectivity index (χ2v) is 22.9. The van der Waals surface area contributed by atoms with Gasteiger partial charge in [-0.15, -0.1) is 23.5 Å². The molecule has 0 aliphatic carbocycles. The maximum atomic E-state index is 14.4. The van der Waals surface area contributed by atoms with Gasteiger partial charge in [-0.2, -0.15) is 0 Å². The number of thioether (sulfide) groups is 2. The predicted octanol–water partition coefficient (Wildman–Crippen LogP) is 14.6. The van der Waals surface area contributed by atoms with Gasteiger partial charge in [0.15, 0.2) is 0 Å². The molecule has 1 N–H and O–H groups in total. The summed E-state index contributed by atoms with van der Waals surface area (Å²) >= 11 is 16.9. The summed E-state index contributed by atoms with van der Waals surface area (Å²) in [6.07, 6.45) is 8.19. The molecule has 10 heteroatoms. The minimum absolute atomic E-state index is 0.0565. The Morgan fingerprint density at radius 2 is 1.15 bits per heavy atom. The van der Waals surface area contributed by atoms with Gasteiger partial charge in [0.2, 0.25) is 5.91 Å². The summed E-state index contributed by atoms with van der Waals surface area (Å²) in [5.74, 6) is 2.44. The van der Waals surface area contributed by atoms with E-state index in [-0.39, 0.29) is 5.91 Å². The first-order chi connectivity index (χ1) is 36.4. The van der Waals surface area contributed by atoms with Crippen LogP contribution in [0.15, 0.2) is 205 Å². The molecule has 2 saturated heterocycles. The van der Waals surface area contributed by atoms with Crippen LogP contribution in [0.25, 0.3) is 0 Å². The van der Waals surface area contributed by atoms with Gasteiger partial charge in [-0.05, 0) is 115 Å². The molecule has 0 radical (unpaired) electrons. The molecule has 2 fully saturated rings. The molecule has 0 aromatic heterocycles. The summed E-state index contributed by atoms with van der Waals surface area (Å²) < 4.78 is -0.898. The quantitative estimate of drug-likeness (QED) is 0.0266. The molecule has 2 heterocycles. The van der Waals surface area contributed by atoms with E-state index >= 15 is 0 Å². The van der Waals surface area contributed by atoms with Crippen molar-refractivity contribution in [1.82, 2.24) is 15.1 Å². The van der Waals surface area contributed by atoms with Crippen molar-refractivity contribution >= 4 is 58.8 Å². The lowest BCUT2D eigenvalue weighted by molar-refractivity contribution is -0.122. The van der Waals surface area contributed by atoms with E-state index in [2.05, 4.69) is 214 Å². The van der Waals surface area contributed by atoms with Crippen LogP contribution in [0.1, 0.15) is 83.4 Å². The third-order valence-electron chi connectivity index (χ3n) is 15.2. The number of carbonyl (C=O) groups excluding carboxylic acids is 1. The van der Waals surface area contributed by atoms with Crippen LogP contribution in [-0.4, -0.2) is 85.3 Å². The van der Waals surface area contributed by atoms with Crippen molar-refractivity contribution in [2.45, 2.75) is 66.0 Å². The van der Waals surface area contributed by atoms with Crippen LogP contribution in [0.2, 0.25) is 10.0 Å². The number of fused-ring (bicyclic) bond motifs is 2. The first kappa shape index (κ1) is 53.5. The van der Waals surface area contributed by atoms with Crippen LogP contribution in [-0.2, 0) is 19.1 Å². The molecular formula is C64H68Cl2N4O2S2. The monoisotopic (exact) mass is 1060 g/mol. The maximum absolute atomic E-state index is 14.4. The smallest absolute Gasteiger partial charge is 0.234 e. The Morgan fingerprint density at radius 1 is 0.662 bits per heavy atom. The number of hydrogen-bond acceptors (Lipinski definition) is 7. The van der Waals surface area contributed by atoms with Gasteiger partial charge in [0, 0.05) is 42.9 Å². The van der Waals surface area contributed by atoms with Crippen LogP contribution < -0.4 is 5.32 Å². The summed E-state index contributed by atoms with van der Waals surface area (Å²) in [5, 5.41) is 8.70. The highest BCUT2D eigenvalue weighted by atomic mass is 35.5. The zero-order chi connectivity index (χ0) is 51.0. The molecule has 7 aromatic carbocycles. The van der Waals surface area contributed by atoms with Crippen molar-refractivity contribution in [1.29, 1.82) is 0 Å². The summed E-state index contributed by atoms with van der Waals surface area (Å²) in [6, 6.07) is 72.2. The third-order valence-corrected chi connectivity index (χ3v) is 19.0. The second kappa shape index (κ2) is 26.4. The molecule has 4 atom stereocenters. The summed E-state index contributed by atoms with van der Waals surface area (Å²) in [5.41, 5.74) is 8.65. The zero-order valence-corrected chi connectivity index (χ0v) is 45.5. The number of hydrogen-bond donors (Lipinski definition) is 1. The van der Waals surface area contributed by atoms with Crippen molar-refractivity contribution in [2.75, 3.05) is 51.3 Å². The van der Waals surface area contributed by atoms with E-state index in [9.17, 15) is 4.79 Å². The number of nitrogens with one attached hydrogen (secondary N) is 1. The minimum Gasteiger partial charge on any atom is -0.399 e. The molecule has 2 unspecified atom stereocenters. The van der Waals surface area contributed by atoms with E-state index in [0.29, 0.717) is 47.1 Å². The Kier molecular flexibility index (Phi) is 19.1. The van der Waals surface area contributed by atoms with Crippen LogP contribution in [0.3, 0.4) is 0 Å². The number of nitrogens with zero attached hydrogens (tertiary/aromatic N) is 3. The minimum atomic E-state index is -0.452. The molecule has 382 valence electrons. The van der Waals surface area contributed by atoms with E-state index in [1.807, 2.05) is 35.8 Å². The van der Waals surface area contributed by atoms with Crippen molar-refractivity contribution in [2.24, 2.45) is 11.1 Å². The molecule has 0 saturated carbocycles. The normalized spacial score (nSPS) is 17.9. The highest BCUT2D eigenvalue weighted by Crippen LogP contribution is 2.51. The van der Waals surface area contributed by atoms with Gasteiger partial charge in [-0.3, -0.25) is 14.6 Å². The first-order valence-corrected chi connectivity index (χ1v) is 29.0. The van der Waals surface area contributed by atoms with Crippen molar-refractivity contribution in [3.05, 3.63) is 249 Å². The van der Waals surface area contributed by atoms with Gasteiger partial charge in [-0.1, -0.05) is 216 Å². The molecule has 1 amide bonds. The molecule has 0 spiro atoms. The van der Waals surface area contributed by atoms with E-state index in [1.54, 1.807) is 7.11 Å². The standard InChI is InChI=1S/C64H68Cl2N4O2S2/c1-72-68-39-20-34-57-58(49-35-37-59(65)60(66)46-49)47-56-36-38-61(57)70(56)42-21-41-69(43-45-74-64(53-28-14-5-15-29-53,54-30-16-6-17-31-54)55-32-18-7-19-33-55)48-62(71)67-40-44-73-63(50-22-8-2-9-23-50,51-24-10-3-11-25-51)52-26-12-4-13-27-52/h2-19,22-33,35,37,39,46,56-58,61H,20-21,34,36,38,40-45,47-48H2,1H3,(H,67,71)/t56?,57-,58-,61?/m1/s1. The molecule has 9 rings (SSSR count). The Bertz CT molecular complexity index is 2640. The van der Waals surface area contributed by atoms with Gasteiger partial charge >= 0.3 is 0 Å². The van der Waals surface area contributed by atoms with Gasteiger partial charge in [0.25, 0.3) is 0 Å². The van der Waals surface area contributed by atoms with Gasteiger partial charge in [-0.25, -0.2) is 0 Å². The summed E-state index contributed by atoms with van der Waals surface area (Å²) in [7, 11) is 1.60. The molecule has 2 aliphatic heterocycles. The highest BCUT2D eigenvalue weighted by molar-refractivity contribution is 8.00. The highest BCUT2D eigenvalue weighted by Gasteiger charge is 2.47. The van der Waals surface area contributed by atoms with Crippen molar-refractivity contribution < 1.29 is 9.63 Å². The summed E-state index contributed by atoms with van der Waals surface area (Å²) in [4.78, 5) is 24.6. The average Bonchev–Trinajstić information content (AvgIpc) is 3.74. The molecule has 2 bridgehead atoms. The number of amides is 1. The number of oxime groups is 1. The topological polar surface area (TPSA) is 57.2 Å². The lowest BCUT2D eigenvalue weighted by atomic mass is 9.74. The Labute approximate surface area is 458 Å². The lowest BCUT2D eigenvalue weighted by Crippen LogP contribution is -2.49. The number of piperidine rings is 1. The van der Waals surface area contributed by atoms with Crippen molar-refractivity contribution in [3.63, 3.8) is 0 Å². The average molecular weight is 1060 g/mol. The second-order valence-electron chi connectivity index (χ2n) is 19.5. The largest absolute Gasteiger partial charge is 0.399 e. The predicted molar refractivity (Wildman–Crippen MR) is 313 cm³/mol. The Hall–Kier alpha value is -5.32. The third kappa shape index (κ3) is 12.5. The molecule has 6 nitrogen and oxygen atoms in total. The van der Waals surface area contributed by atoms with Crippen LogP contribution in [0, 0.1) is 5.92 Å². The molecular weight excluding hydrogens is 992 g/mol. The van der Waals surface area contributed by atoms with Crippen LogP contribution >= 0.6 is 46.7 Å². The number of carbonyl (C=O) groups is 1. The zero-order valence-electron chi connectivity index (χ0n) is 42.4. The maximum Gasteiger partial charge on any atom is 0.234 e. The van der Waals surface area contributed by atoms with Gasteiger partial charge in [0.1, 0.15) is 7.11 Å².